The molecule has 0 aliphatic heterocycles. The van der Waals surface area contributed by atoms with Gasteiger partial charge in [-0.1, -0.05) is 24.3 Å². The van der Waals surface area contributed by atoms with E-state index < -0.39 is 11.7 Å². The molecule has 0 saturated heterocycles. The van der Waals surface area contributed by atoms with E-state index in [1.165, 1.54) is 24.4 Å². The largest absolute Gasteiger partial charge is 0.394 e. The molecule has 1 aromatic heterocycles. The van der Waals surface area contributed by atoms with Crippen molar-refractivity contribution in [3.05, 3.63) is 101 Å². The van der Waals surface area contributed by atoms with Crippen molar-refractivity contribution in [1.82, 2.24) is 9.97 Å². The predicted molar refractivity (Wildman–Crippen MR) is 134 cm³/mol. The Kier molecular flexibility index (Phi) is 7.45. The van der Waals surface area contributed by atoms with E-state index in [-0.39, 0.29) is 22.9 Å². The number of halogens is 1. The number of ether oxygens (including phenoxy) is 1. The molecule has 0 bridgehead atoms. The third-order valence-electron chi connectivity index (χ3n) is 5.26. The van der Waals surface area contributed by atoms with Gasteiger partial charge in [-0.15, -0.1) is 0 Å². The number of carbonyl (C=O) groups excluding carboxylic acids is 1. The zero-order valence-electron chi connectivity index (χ0n) is 19.0. The van der Waals surface area contributed by atoms with Gasteiger partial charge in [0.25, 0.3) is 5.91 Å². The molecule has 4 rings (SSSR count). The first-order valence-corrected chi connectivity index (χ1v) is 10.8. The first-order valence-electron chi connectivity index (χ1n) is 10.8. The van der Waals surface area contributed by atoms with Crippen molar-refractivity contribution in [3.63, 3.8) is 0 Å². The van der Waals surface area contributed by atoms with Crippen LogP contribution in [-0.2, 0) is 18.0 Å². The average Bonchev–Trinajstić information content (AvgIpc) is 2.90. The zero-order chi connectivity index (χ0) is 25.5. The molecule has 3 aromatic carbocycles. The second kappa shape index (κ2) is 11.1. The first-order chi connectivity index (χ1) is 17.5. The van der Waals surface area contributed by atoms with Gasteiger partial charge < -0.3 is 21.2 Å². The van der Waals surface area contributed by atoms with Gasteiger partial charge in [-0.05, 0) is 53.6 Å². The molecule has 0 aliphatic rings. The molecule has 6 N–H and O–H groups in total. The summed E-state index contributed by atoms with van der Waals surface area (Å²) in [5, 5.41) is 11.5. The predicted octanol–water partition coefficient (Wildman–Crippen LogP) is 3.99. The number of hydrogen-bond acceptors (Lipinski definition) is 8. The molecule has 0 unspecified atom stereocenters. The quantitative estimate of drug-likeness (QED) is 0.217. The molecule has 180 valence electrons. The third-order valence-corrected chi connectivity index (χ3v) is 5.26. The highest BCUT2D eigenvalue weighted by Crippen LogP contribution is 2.23. The molecule has 36 heavy (non-hydrogen) atoms. The number of benzene rings is 3. The van der Waals surface area contributed by atoms with E-state index in [2.05, 4.69) is 26.8 Å². The molecule has 0 aliphatic carbocycles. The lowest BCUT2D eigenvalue weighted by molar-refractivity contribution is 0.102. The fraction of sp³-hybridized carbons (Fsp3) is 0.0769. The van der Waals surface area contributed by atoms with E-state index >= 15 is 0 Å². The highest BCUT2D eigenvalue weighted by atomic mass is 19.1. The van der Waals surface area contributed by atoms with Crippen molar-refractivity contribution in [2.45, 2.75) is 13.2 Å². The minimum atomic E-state index is -0.684. The molecule has 1 heterocycles. The normalized spacial score (nSPS) is 10.5. The number of hydrazine groups is 1. The summed E-state index contributed by atoms with van der Waals surface area (Å²) < 4.78 is 20.2. The highest BCUT2D eigenvalue weighted by Gasteiger charge is 2.15. The van der Waals surface area contributed by atoms with E-state index in [0.717, 1.165) is 11.1 Å². The molecule has 0 fully saturated rings. The maximum Gasteiger partial charge on any atom is 0.258 e. The fourth-order valence-corrected chi connectivity index (χ4v) is 3.33. The van der Waals surface area contributed by atoms with Crippen LogP contribution in [0, 0.1) is 17.1 Å². The SMILES string of the molecule is N#Cc1ccc(COCc2ccc(NC(=O)c3cc(-c4ncc(N)c(NN)n4)ccc3F)cc2)cc1. The number of hydrogen-bond donors (Lipinski definition) is 4. The van der Waals surface area contributed by atoms with Gasteiger partial charge >= 0.3 is 0 Å². The van der Waals surface area contributed by atoms with Crippen LogP contribution in [0.4, 0.5) is 21.6 Å². The van der Waals surface area contributed by atoms with Gasteiger partial charge in [0.05, 0.1) is 42.3 Å². The lowest BCUT2D eigenvalue weighted by Crippen LogP contribution is -2.14. The summed E-state index contributed by atoms with van der Waals surface area (Å²) in [6, 6.07) is 20.3. The Morgan fingerprint density at radius 1 is 1.03 bits per heavy atom. The second-order valence-electron chi connectivity index (χ2n) is 7.79. The summed E-state index contributed by atoms with van der Waals surface area (Å²) in [4.78, 5) is 21.1. The fourth-order valence-electron chi connectivity index (χ4n) is 3.33. The van der Waals surface area contributed by atoms with Crippen LogP contribution in [0.5, 0.6) is 0 Å². The zero-order valence-corrected chi connectivity index (χ0v) is 19.0. The molecule has 1 amide bonds. The Bertz CT molecular complexity index is 1420. The summed E-state index contributed by atoms with van der Waals surface area (Å²) in [6.07, 6.45) is 1.37. The summed E-state index contributed by atoms with van der Waals surface area (Å²) in [5.41, 5.74) is 11.6. The van der Waals surface area contributed by atoms with Crippen LogP contribution in [-0.4, -0.2) is 15.9 Å². The minimum absolute atomic E-state index is 0.162. The number of carbonyl (C=O) groups is 1. The summed E-state index contributed by atoms with van der Waals surface area (Å²) in [5.74, 6) is 4.55. The van der Waals surface area contributed by atoms with E-state index in [0.29, 0.717) is 30.0 Å². The maximum atomic E-state index is 14.4. The number of rotatable bonds is 8. The minimum Gasteiger partial charge on any atom is -0.394 e. The Labute approximate surface area is 206 Å². The van der Waals surface area contributed by atoms with Gasteiger partial charge in [-0.2, -0.15) is 5.26 Å². The van der Waals surface area contributed by atoms with Gasteiger partial charge in [-0.25, -0.2) is 20.2 Å². The monoisotopic (exact) mass is 483 g/mol. The lowest BCUT2D eigenvalue weighted by Gasteiger charge is -2.10. The molecule has 0 saturated carbocycles. The second-order valence-corrected chi connectivity index (χ2v) is 7.79. The van der Waals surface area contributed by atoms with Crippen molar-refractivity contribution in [2.24, 2.45) is 5.84 Å². The average molecular weight is 484 g/mol. The number of aromatic nitrogens is 2. The van der Waals surface area contributed by atoms with E-state index in [1.807, 2.05) is 24.3 Å². The molecule has 0 spiro atoms. The Morgan fingerprint density at radius 3 is 2.33 bits per heavy atom. The molecule has 4 aromatic rings. The molecular formula is C26H22FN7O2. The van der Waals surface area contributed by atoms with E-state index in [4.69, 9.17) is 21.6 Å². The number of nitrogens with zero attached hydrogens (tertiary/aromatic N) is 3. The third kappa shape index (κ3) is 5.79. The van der Waals surface area contributed by atoms with Crippen molar-refractivity contribution >= 4 is 23.1 Å². The first kappa shape index (κ1) is 24.3. The van der Waals surface area contributed by atoms with E-state index in [9.17, 15) is 9.18 Å². The maximum absolute atomic E-state index is 14.4. The molecule has 9 nitrogen and oxygen atoms in total. The standard InChI is InChI=1S/C26H22FN7O2/c27-22-10-7-19(24-31-13-23(29)25(33-24)34-30)11-21(22)26(35)32-20-8-5-18(6-9-20)15-36-14-17-3-1-16(12-28)2-4-17/h1-11,13H,14-15,29-30H2,(H,32,35)(H,31,33,34). The lowest BCUT2D eigenvalue weighted by atomic mass is 10.1. The summed E-state index contributed by atoms with van der Waals surface area (Å²) in [7, 11) is 0. The highest BCUT2D eigenvalue weighted by molar-refractivity contribution is 6.05. The van der Waals surface area contributed by atoms with Crippen LogP contribution in [0.2, 0.25) is 0 Å². The number of nitrogen functional groups attached to an aromatic ring is 2. The van der Waals surface area contributed by atoms with Crippen molar-refractivity contribution < 1.29 is 13.9 Å². The number of amides is 1. The number of nitrogens with two attached hydrogens (primary N) is 2. The van der Waals surface area contributed by atoms with Gasteiger partial charge in [0.1, 0.15) is 5.82 Å². The van der Waals surface area contributed by atoms with Crippen molar-refractivity contribution in [2.75, 3.05) is 16.5 Å². The summed E-state index contributed by atoms with van der Waals surface area (Å²) in [6.45, 7) is 0.770. The number of nitrogens with one attached hydrogen (secondary N) is 2. The topological polar surface area (TPSA) is 152 Å². The van der Waals surface area contributed by atoms with Crippen molar-refractivity contribution in [3.8, 4) is 17.5 Å². The van der Waals surface area contributed by atoms with Crippen LogP contribution in [0.1, 0.15) is 27.0 Å². The molecular weight excluding hydrogens is 461 g/mol. The van der Waals surface area contributed by atoms with E-state index in [1.54, 1.807) is 24.3 Å². The van der Waals surface area contributed by atoms with Gasteiger partial charge in [-0.3, -0.25) is 4.79 Å². The Morgan fingerprint density at radius 2 is 1.69 bits per heavy atom. The van der Waals surface area contributed by atoms with Crippen LogP contribution in [0.15, 0.2) is 72.9 Å². The van der Waals surface area contributed by atoms with Crippen LogP contribution < -0.4 is 22.3 Å². The van der Waals surface area contributed by atoms with Gasteiger partial charge in [0.2, 0.25) is 0 Å². The Hall–Kier alpha value is -4.85. The van der Waals surface area contributed by atoms with Gasteiger partial charge in [0.15, 0.2) is 11.6 Å². The number of nitriles is 1. The van der Waals surface area contributed by atoms with Crippen LogP contribution >= 0.6 is 0 Å². The molecule has 0 radical (unpaired) electrons. The Balaban J connectivity index is 1.39. The summed E-state index contributed by atoms with van der Waals surface area (Å²) >= 11 is 0. The molecule has 0 atom stereocenters. The van der Waals surface area contributed by atoms with Crippen LogP contribution in [0.3, 0.4) is 0 Å². The van der Waals surface area contributed by atoms with Crippen LogP contribution in [0.25, 0.3) is 11.4 Å². The smallest absolute Gasteiger partial charge is 0.258 e. The van der Waals surface area contributed by atoms with Gasteiger partial charge in [0, 0.05) is 11.3 Å². The molecule has 10 heteroatoms. The number of anilines is 3. The van der Waals surface area contributed by atoms with Crippen molar-refractivity contribution in [1.29, 1.82) is 5.26 Å².